The number of nitrogens with zero attached hydrogens (tertiary/aromatic N) is 1. The minimum atomic E-state index is -0.505. The van der Waals surface area contributed by atoms with Crippen LogP contribution in [0.4, 0.5) is 4.79 Å². The van der Waals surface area contributed by atoms with Gasteiger partial charge >= 0.3 is 12.1 Å². The molecule has 1 rings (SSSR count). The molecule has 5 heteroatoms. The molecule has 0 saturated carbocycles. The number of piperidine rings is 1. The highest BCUT2D eigenvalue weighted by molar-refractivity contribution is 5.82. The number of hydrogen-bond acceptors (Lipinski definition) is 4. The molecule has 1 heterocycles. The number of rotatable bonds is 1. The molecule has 0 aromatic heterocycles. The van der Waals surface area contributed by atoms with E-state index in [-0.39, 0.29) is 17.6 Å². The quantitative estimate of drug-likeness (QED) is 0.548. The molecule has 114 valence electrons. The van der Waals surface area contributed by atoms with E-state index in [0.717, 1.165) is 5.57 Å². The Bertz CT molecular complexity index is 418. The molecule has 1 amide bonds. The van der Waals surface area contributed by atoms with Crippen LogP contribution < -0.4 is 0 Å². The number of carbonyl (C=O) groups excluding carboxylic acids is 2. The lowest BCUT2D eigenvalue weighted by Gasteiger charge is -2.43. The molecule has 0 aromatic carbocycles. The highest BCUT2D eigenvalue weighted by Gasteiger charge is 2.37. The highest BCUT2D eigenvalue weighted by atomic mass is 16.6. The van der Waals surface area contributed by atoms with Gasteiger partial charge in [0.05, 0.1) is 7.11 Å². The first-order chi connectivity index (χ1) is 9.05. The molecule has 0 N–H and O–H groups in total. The van der Waals surface area contributed by atoms with Crippen molar-refractivity contribution < 1.29 is 19.1 Å². The van der Waals surface area contributed by atoms with Gasteiger partial charge in [-0.15, -0.1) is 0 Å². The Hall–Kier alpha value is -1.52. The molecule has 0 aliphatic carbocycles. The van der Waals surface area contributed by atoms with Gasteiger partial charge in [-0.05, 0) is 47.5 Å². The summed E-state index contributed by atoms with van der Waals surface area (Å²) in [4.78, 5) is 25.2. The van der Waals surface area contributed by atoms with Crippen LogP contribution in [0, 0.1) is 0 Å². The Morgan fingerprint density at radius 1 is 1.30 bits per heavy atom. The Morgan fingerprint density at radius 3 is 2.35 bits per heavy atom. The number of ether oxygens (including phenoxy) is 2. The fraction of sp³-hybridized carbons (Fsp3) is 0.733. The van der Waals surface area contributed by atoms with Crippen molar-refractivity contribution in [1.82, 2.24) is 4.90 Å². The summed E-state index contributed by atoms with van der Waals surface area (Å²) in [6, 6.07) is 0. The van der Waals surface area contributed by atoms with Crippen LogP contribution in [0.1, 0.15) is 47.5 Å². The van der Waals surface area contributed by atoms with E-state index < -0.39 is 5.60 Å². The molecule has 0 unspecified atom stereocenters. The van der Waals surface area contributed by atoms with Crippen molar-refractivity contribution in [2.45, 2.75) is 58.6 Å². The van der Waals surface area contributed by atoms with Gasteiger partial charge in [0.25, 0.3) is 0 Å². The third-order valence-electron chi connectivity index (χ3n) is 3.18. The Kier molecular flexibility index (Phi) is 4.84. The van der Waals surface area contributed by atoms with E-state index in [0.29, 0.717) is 19.4 Å². The average Bonchev–Trinajstić information content (AvgIpc) is 2.24. The average molecular weight is 283 g/mol. The number of esters is 1. The summed E-state index contributed by atoms with van der Waals surface area (Å²) in [6.07, 6.45) is 2.52. The van der Waals surface area contributed by atoms with Crippen LogP contribution in [0.2, 0.25) is 0 Å². The largest absolute Gasteiger partial charge is 0.466 e. The number of hydrogen-bond donors (Lipinski definition) is 0. The summed E-state index contributed by atoms with van der Waals surface area (Å²) in [6.45, 7) is 10.0. The molecule has 0 spiro atoms. The van der Waals surface area contributed by atoms with Gasteiger partial charge in [0.2, 0.25) is 0 Å². The van der Waals surface area contributed by atoms with Gasteiger partial charge in [-0.3, -0.25) is 0 Å². The number of methoxy groups -OCH3 is 1. The van der Waals surface area contributed by atoms with Crippen LogP contribution in [0.25, 0.3) is 0 Å². The Balaban J connectivity index is 2.78. The van der Waals surface area contributed by atoms with Gasteiger partial charge < -0.3 is 14.4 Å². The normalized spacial score (nSPS) is 20.7. The zero-order chi connectivity index (χ0) is 15.6. The fourth-order valence-electron chi connectivity index (χ4n) is 2.30. The van der Waals surface area contributed by atoms with E-state index in [2.05, 4.69) is 4.74 Å². The summed E-state index contributed by atoms with van der Waals surface area (Å²) in [7, 11) is 1.36. The second kappa shape index (κ2) is 5.85. The summed E-state index contributed by atoms with van der Waals surface area (Å²) in [5.41, 5.74) is 0.122. The summed E-state index contributed by atoms with van der Waals surface area (Å²) in [5, 5.41) is 0. The van der Waals surface area contributed by atoms with E-state index in [1.54, 1.807) is 4.90 Å². The smallest absolute Gasteiger partial charge is 0.410 e. The van der Waals surface area contributed by atoms with Gasteiger partial charge in [-0.25, -0.2) is 9.59 Å². The number of likely N-dealkylation sites (tertiary alicyclic amines) is 1. The second-order valence-electron chi connectivity index (χ2n) is 6.70. The van der Waals surface area contributed by atoms with Crippen LogP contribution in [0.5, 0.6) is 0 Å². The highest BCUT2D eigenvalue weighted by Crippen LogP contribution is 2.32. The van der Waals surface area contributed by atoms with E-state index in [1.165, 1.54) is 13.2 Å². The van der Waals surface area contributed by atoms with Crippen LogP contribution in [-0.2, 0) is 14.3 Å². The first kappa shape index (κ1) is 16.5. The summed E-state index contributed by atoms with van der Waals surface area (Å²) < 4.78 is 10.1. The van der Waals surface area contributed by atoms with Crippen molar-refractivity contribution in [3.8, 4) is 0 Å². The molecule has 0 aromatic rings. The monoisotopic (exact) mass is 283 g/mol. The molecule has 0 bridgehead atoms. The van der Waals surface area contributed by atoms with Crippen LogP contribution in [0.3, 0.4) is 0 Å². The third-order valence-corrected chi connectivity index (χ3v) is 3.18. The van der Waals surface area contributed by atoms with Crippen molar-refractivity contribution in [2.75, 3.05) is 13.7 Å². The molecule has 1 aliphatic rings. The minimum Gasteiger partial charge on any atom is -0.466 e. The first-order valence-electron chi connectivity index (χ1n) is 6.83. The maximum Gasteiger partial charge on any atom is 0.410 e. The van der Waals surface area contributed by atoms with Crippen molar-refractivity contribution in [3.05, 3.63) is 11.6 Å². The SMILES string of the molecule is COC(=O)C=C1CCN(C(=O)OC(C)(C)C)C(C)(C)C1. The molecule has 0 radical (unpaired) electrons. The molecule has 1 saturated heterocycles. The van der Waals surface area contributed by atoms with Crippen LogP contribution >= 0.6 is 0 Å². The van der Waals surface area contributed by atoms with Gasteiger partial charge in [0, 0.05) is 18.2 Å². The zero-order valence-electron chi connectivity index (χ0n) is 13.3. The zero-order valence-corrected chi connectivity index (χ0v) is 13.3. The van der Waals surface area contributed by atoms with E-state index in [9.17, 15) is 9.59 Å². The predicted octanol–water partition coefficient (Wildman–Crippen LogP) is 2.90. The molecular weight excluding hydrogens is 258 g/mol. The van der Waals surface area contributed by atoms with Crippen LogP contribution in [-0.4, -0.2) is 41.8 Å². The lowest BCUT2D eigenvalue weighted by molar-refractivity contribution is -0.134. The van der Waals surface area contributed by atoms with Gasteiger partial charge in [0.15, 0.2) is 0 Å². The maximum atomic E-state index is 12.2. The van der Waals surface area contributed by atoms with Crippen molar-refractivity contribution in [1.29, 1.82) is 0 Å². The first-order valence-corrected chi connectivity index (χ1v) is 6.83. The van der Waals surface area contributed by atoms with E-state index in [4.69, 9.17) is 4.74 Å². The second-order valence-corrected chi connectivity index (χ2v) is 6.70. The van der Waals surface area contributed by atoms with Gasteiger partial charge in [-0.1, -0.05) is 5.57 Å². The predicted molar refractivity (Wildman–Crippen MR) is 76.4 cm³/mol. The number of amides is 1. The van der Waals surface area contributed by atoms with E-state index >= 15 is 0 Å². The molecular formula is C15H25NO4. The van der Waals surface area contributed by atoms with Gasteiger partial charge in [0.1, 0.15) is 5.60 Å². The lowest BCUT2D eigenvalue weighted by Crippen LogP contribution is -2.52. The van der Waals surface area contributed by atoms with Gasteiger partial charge in [-0.2, -0.15) is 0 Å². The molecule has 1 aliphatic heterocycles. The van der Waals surface area contributed by atoms with Crippen molar-refractivity contribution >= 4 is 12.1 Å². The molecule has 1 fully saturated rings. The topological polar surface area (TPSA) is 55.8 Å². The Labute approximate surface area is 120 Å². The molecule has 0 atom stereocenters. The molecule has 5 nitrogen and oxygen atoms in total. The van der Waals surface area contributed by atoms with Crippen molar-refractivity contribution in [3.63, 3.8) is 0 Å². The summed E-state index contributed by atoms with van der Waals surface area (Å²) >= 11 is 0. The lowest BCUT2D eigenvalue weighted by atomic mass is 9.87. The number of carbonyl (C=O) groups is 2. The molecule has 20 heavy (non-hydrogen) atoms. The minimum absolute atomic E-state index is 0.306. The van der Waals surface area contributed by atoms with E-state index in [1.807, 2.05) is 34.6 Å². The van der Waals surface area contributed by atoms with Crippen LogP contribution in [0.15, 0.2) is 11.6 Å². The van der Waals surface area contributed by atoms with Crippen molar-refractivity contribution in [2.24, 2.45) is 0 Å². The standard InChI is InChI=1S/C15H25NO4/c1-14(2,3)20-13(18)16-8-7-11(9-12(17)19-6)10-15(16,4)5/h9H,7-8,10H2,1-6H3. The third kappa shape index (κ3) is 4.54. The maximum absolute atomic E-state index is 12.2. The summed E-state index contributed by atoms with van der Waals surface area (Å²) in [5.74, 6) is -0.346. The Morgan fingerprint density at radius 2 is 1.90 bits per heavy atom. The fourth-order valence-corrected chi connectivity index (χ4v) is 2.30.